The molecule has 0 bridgehead atoms. The minimum Gasteiger partial charge on any atom is -0.492 e. The van der Waals surface area contributed by atoms with Gasteiger partial charge in [-0.05, 0) is 50.2 Å². The van der Waals surface area contributed by atoms with E-state index < -0.39 is 17.8 Å². The van der Waals surface area contributed by atoms with Gasteiger partial charge in [-0.2, -0.15) is 18.6 Å². The number of hydrogen-bond acceptors (Lipinski definition) is 9. The molecule has 1 fully saturated rings. The predicted molar refractivity (Wildman–Crippen MR) is 125 cm³/mol. The predicted octanol–water partition coefficient (Wildman–Crippen LogP) is 2.53. The molecule has 2 aromatic carbocycles. The number of nitrogens with two attached hydrogens (primary N) is 2. The van der Waals surface area contributed by atoms with E-state index >= 15 is 0 Å². The van der Waals surface area contributed by atoms with Crippen molar-refractivity contribution in [3.8, 4) is 5.75 Å². The molecule has 0 spiro atoms. The first-order chi connectivity index (χ1) is 16.7. The molecule has 3 heterocycles. The van der Waals surface area contributed by atoms with Crippen LogP contribution in [0.5, 0.6) is 5.75 Å². The Kier molecular flexibility index (Phi) is 5.95. The molecule has 1 atom stereocenters. The Morgan fingerprint density at radius 2 is 1.74 bits per heavy atom. The Morgan fingerprint density at radius 3 is 2.46 bits per heavy atom. The molecule has 35 heavy (non-hydrogen) atoms. The second kappa shape index (κ2) is 8.95. The largest absolute Gasteiger partial charge is 0.492 e. The van der Waals surface area contributed by atoms with Crippen LogP contribution in [-0.2, 0) is 12.0 Å². The molecule has 1 unspecified atom stereocenters. The van der Waals surface area contributed by atoms with Crippen LogP contribution in [0.1, 0.15) is 24.2 Å². The summed E-state index contributed by atoms with van der Waals surface area (Å²) in [6.07, 6.45) is -2.29. The van der Waals surface area contributed by atoms with E-state index in [0.29, 0.717) is 23.3 Å². The van der Waals surface area contributed by atoms with E-state index in [0.717, 1.165) is 24.6 Å². The summed E-state index contributed by atoms with van der Waals surface area (Å²) in [7, 11) is 0. The molecule has 0 saturated carbocycles. The van der Waals surface area contributed by atoms with Gasteiger partial charge in [-0.1, -0.05) is 24.3 Å². The van der Waals surface area contributed by atoms with Crippen LogP contribution in [0.15, 0.2) is 53.5 Å². The highest BCUT2D eigenvalue weighted by Gasteiger charge is 2.40. The Hall–Kier alpha value is -3.48. The van der Waals surface area contributed by atoms with Crippen LogP contribution < -0.4 is 26.6 Å². The number of hydrogen-bond donors (Lipinski definition) is 3. The SMILES string of the molecule is NC1=NC(N)(c2ccc(OCCN3CCCC3)cc2)NN1c1nc(C(F)(F)F)nc2ccccc12. The minimum absolute atomic E-state index is 0.0987. The number of hydrazine groups is 1. The smallest absolute Gasteiger partial charge is 0.451 e. The molecular formula is C23H25F3N8O. The Balaban J connectivity index is 1.36. The molecular weight excluding hydrogens is 461 g/mol. The highest BCUT2D eigenvalue weighted by atomic mass is 19.4. The van der Waals surface area contributed by atoms with E-state index in [2.05, 4.69) is 25.3 Å². The number of para-hydroxylation sites is 1. The first-order valence-electron chi connectivity index (χ1n) is 11.2. The molecule has 2 aliphatic heterocycles. The summed E-state index contributed by atoms with van der Waals surface area (Å²) in [5, 5.41) is 1.51. The lowest BCUT2D eigenvalue weighted by Crippen LogP contribution is -2.53. The number of anilines is 1. The van der Waals surface area contributed by atoms with Gasteiger partial charge in [-0.25, -0.2) is 20.0 Å². The molecule has 184 valence electrons. The van der Waals surface area contributed by atoms with E-state index in [4.69, 9.17) is 16.2 Å². The number of likely N-dealkylation sites (tertiary alicyclic amines) is 1. The van der Waals surface area contributed by atoms with Crippen molar-refractivity contribution in [3.63, 3.8) is 0 Å². The molecule has 1 aromatic heterocycles. The molecule has 5 N–H and O–H groups in total. The van der Waals surface area contributed by atoms with Gasteiger partial charge >= 0.3 is 6.18 Å². The molecule has 0 amide bonds. The number of aromatic nitrogens is 2. The second-order valence-corrected chi connectivity index (χ2v) is 8.49. The summed E-state index contributed by atoms with van der Waals surface area (Å²) < 4.78 is 46.2. The summed E-state index contributed by atoms with van der Waals surface area (Å²) in [6.45, 7) is 3.65. The molecule has 0 radical (unpaired) electrons. The lowest BCUT2D eigenvalue weighted by molar-refractivity contribution is -0.144. The zero-order chi connectivity index (χ0) is 24.6. The van der Waals surface area contributed by atoms with Gasteiger partial charge in [0.1, 0.15) is 12.4 Å². The lowest BCUT2D eigenvalue weighted by atomic mass is 10.1. The summed E-state index contributed by atoms with van der Waals surface area (Å²) in [6, 6.07) is 13.3. The zero-order valence-corrected chi connectivity index (χ0v) is 18.8. The standard InChI is InChI=1S/C23H25F3N8O/c24-22(25,26)20-29-18-6-2-1-5-17(18)19(30-20)34-21(27)31-23(28,32-34)15-7-9-16(10-8-15)35-14-13-33-11-3-4-12-33/h1-2,5-10,32H,3-4,11-14,28H2,(H2,27,31). The van der Waals surface area contributed by atoms with E-state index in [1.807, 2.05) is 0 Å². The minimum atomic E-state index is -4.74. The van der Waals surface area contributed by atoms with Crippen molar-refractivity contribution in [2.24, 2.45) is 16.5 Å². The number of nitrogens with one attached hydrogen (secondary N) is 1. The van der Waals surface area contributed by atoms with Crippen LogP contribution in [0.3, 0.4) is 0 Å². The van der Waals surface area contributed by atoms with Gasteiger partial charge in [0.15, 0.2) is 5.82 Å². The van der Waals surface area contributed by atoms with Crippen molar-refractivity contribution in [3.05, 3.63) is 59.9 Å². The number of rotatable bonds is 6. The van der Waals surface area contributed by atoms with Crippen molar-refractivity contribution in [1.82, 2.24) is 20.3 Å². The fourth-order valence-corrected chi connectivity index (χ4v) is 4.24. The van der Waals surface area contributed by atoms with Crippen molar-refractivity contribution >= 4 is 22.7 Å². The quantitative estimate of drug-likeness (QED) is 0.487. The number of ether oxygens (including phenoxy) is 1. The molecule has 12 heteroatoms. The Morgan fingerprint density at radius 1 is 1.03 bits per heavy atom. The molecule has 0 aliphatic carbocycles. The van der Waals surface area contributed by atoms with E-state index in [1.165, 1.54) is 18.9 Å². The third kappa shape index (κ3) is 4.72. The van der Waals surface area contributed by atoms with Gasteiger partial charge < -0.3 is 10.5 Å². The van der Waals surface area contributed by atoms with Gasteiger partial charge in [-0.3, -0.25) is 10.6 Å². The molecule has 5 rings (SSSR count). The Labute approximate surface area is 199 Å². The van der Waals surface area contributed by atoms with Gasteiger partial charge in [0.2, 0.25) is 17.6 Å². The summed E-state index contributed by atoms with van der Waals surface area (Å²) in [5.41, 5.74) is 16.1. The average molecular weight is 487 g/mol. The first kappa shape index (κ1) is 23.3. The molecule has 1 saturated heterocycles. The van der Waals surface area contributed by atoms with Gasteiger partial charge in [0, 0.05) is 17.5 Å². The van der Waals surface area contributed by atoms with Crippen LogP contribution in [-0.4, -0.2) is 47.1 Å². The van der Waals surface area contributed by atoms with Gasteiger partial charge in [0.05, 0.1) is 5.52 Å². The highest BCUT2D eigenvalue weighted by molar-refractivity contribution is 6.02. The fourth-order valence-electron chi connectivity index (χ4n) is 4.24. The lowest BCUT2D eigenvalue weighted by Gasteiger charge is -2.26. The van der Waals surface area contributed by atoms with Crippen LogP contribution in [0.2, 0.25) is 0 Å². The molecule has 2 aliphatic rings. The Bertz CT molecular complexity index is 1240. The maximum Gasteiger partial charge on any atom is 0.451 e. The summed E-state index contributed by atoms with van der Waals surface area (Å²) >= 11 is 0. The maximum atomic E-state index is 13.4. The normalized spacial score (nSPS) is 21.0. The molecule has 3 aromatic rings. The highest BCUT2D eigenvalue weighted by Crippen LogP contribution is 2.33. The number of guanidine groups is 1. The zero-order valence-electron chi connectivity index (χ0n) is 18.8. The second-order valence-electron chi connectivity index (χ2n) is 8.49. The van der Waals surface area contributed by atoms with Crippen LogP contribution in [0.25, 0.3) is 10.9 Å². The number of benzene rings is 2. The topological polar surface area (TPSA) is 118 Å². The van der Waals surface area contributed by atoms with E-state index in [9.17, 15) is 13.2 Å². The number of nitrogens with zero attached hydrogens (tertiary/aromatic N) is 5. The van der Waals surface area contributed by atoms with Crippen molar-refractivity contribution in [1.29, 1.82) is 0 Å². The third-order valence-electron chi connectivity index (χ3n) is 6.02. The first-order valence-corrected chi connectivity index (χ1v) is 11.2. The monoisotopic (exact) mass is 486 g/mol. The number of alkyl halides is 3. The number of halogens is 3. The van der Waals surface area contributed by atoms with E-state index in [1.54, 1.807) is 42.5 Å². The van der Waals surface area contributed by atoms with Gasteiger partial charge in [0.25, 0.3) is 0 Å². The van der Waals surface area contributed by atoms with Crippen molar-refractivity contribution in [2.45, 2.75) is 24.8 Å². The van der Waals surface area contributed by atoms with Crippen LogP contribution in [0, 0.1) is 0 Å². The fraction of sp³-hybridized carbons (Fsp3) is 0.348. The van der Waals surface area contributed by atoms with Gasteiger partial charge in [-0.15, -0.1) is 0 Å². The van der Waals surface area contributed by atoms with Crippen LogP contribution in [0.4, 0.5) is 19.0 Å². The number of fused-ring (bicyclic) bond motifs is 1. The third-order valence-corrected chi connectivity index (χ3v) is 6.02. The van der Waals surface area contributed by atoms with Crippen molar-refractivity contribution in [2.75, 3.05) is 31.3 Å². The average Bonchev–Trinajstić information content (AvgIpc) is 3.46. The maximum absolute atomic E-state index is 13.4. The molecule has 9 nitrogen and oxygen atoms in total. The summed E-state index contributed by atoms with van der Waals surface area (Å²) in [5.74, 6) is -2.35. The summed E-state index contributed by atoms with van der Waals surface area (Å²) in [4.78, 5) is 14.0. The number of aliphatic imine (C=N–C) groups is 1. The van der Waals surface area contributed by atoms with Crippen LogP contribution >= 0.6 is 0 Å². The van der Waals surface area contributed by atoms with Crippen molar-refractivity contribution < 1.29 is 17.9 Å². The van der Waals surface area contributed by atoms with E-state index in [-0.39, 0.29) is 17.3 Å².